The molecule has 0 bridgehead atoms. The summed E-state index contributed by atoms with van der Waals surface area (Å²) in [5.74, 6) is -0.607. The van der Waals surface area contributed by atoms with Gasteiger partial charge >= 0.3 is 6.01 Å². The molecule has 0 unspecified atom stereocenters. The average molecular weight is 374 g/mol. The zero-order valence-corrected chi connectivity index (χ0v) is 14.1. The largest absolute Gasteiger partial charge is 0.495 e. The van der Waals surface area contributed by atoms with Crippen LogP contribution >= 0.6 is 11.6 Å². The Kier molecular flexibility index (Phi) is 5.09. The highest BCUT2D eigenvalue weighted by molar-refractivity contribution is 6.32. The number of oxazole rings is 1. The van der Waals surface area contributed by atoms with E-state index < -0.39 is 11.8 Å². The first-order chi connectivity index (χ1) is 12.6. The van der Waals surface area contributed by atoms with Crippen molar-refractivity contribution < 1.29 is 18.7 Å². The van der Waals surface area contributed by atoms with Crippen LogP contribution in [0.25, 0.3) is 0 Å². The van der Waals surface area contributed by atoms with Gasteiger partial charge in [0.1, 0.15) is 17.7 Å². The minimum absolute atomic E-state index is 0.0219. The molecule has 26 heavy (non-hydrogen) atoms. The number of carbonyl (C=O) groups is 2. The van der Waals surface area contributed by atoms with Gasteiger partial charge in [0, 0.05) is 18.1 Å². The van der Waals surface area contributed by atoms with Gasteiger partial charge in [0.05, 0.1) is 18.3 Å². The van der Waals surface area contributed by atoms with Gasteiger partial charge in [-0.2, -0.15) is 4.98 Å². The first-order valence-electron chi connectivity index (χ1n) is 7.24. The zero-order valence-electron chi connectivity index (χ0n) is 13.4. The Morgan fingerprint density at radius 1 is 1.15 bits per heavy atom. The first-order valence-corrected chi connectivity index (χ1v) is 7.62. The number of carbonyl (C=O) groups excluding carboxylic acids is 2. The molecule has 132 valence electrons. The van der Waals surface area contributed by atoms with Gasteiger partial charge in [-0.3, -0.25) is 19.9 Å². The van der Waals surface area contributed by atoms with Crippen LogP contribution in [0.3, 0.4) is 0 Å². The van der Waals surface area contributed by atoms with E-state index in [1.807, 2.05) is 0 Å². The van der Waals surface area contributed by atoms with Crippen molar-refractivity contribution in [3.8, 4) is 5.75 Å². The molecule has 0 radical (unpaired) electrons. The molecule has 9 nitrogen and oxygen atoms in total. The van der Waals surface area contributed by atoms with Gasteiger partial charge in [0.15, 0.2) is 5.69 Å². The standard InChI is InChI=1S/C16H12ClN5O4/c1-25-13-3-2-9(6-10(13)17)20-15(24)12-8-26-16(21-12)22-14(23)11-7-18-4-5-19-11/h2-8H,1H3,(H,20,24)(H,21,22,23). The number of methoxy groups -OCH3 is 1. The molecular weight excluding hydrogens is 362 g/mol. The van der Waals surface area contributed by atoms with E-state index >= 15 is 0 Å². The molecule has 0 aliphatic heterocycles. The van der Waals surface area contributed by atoms with Crippen molar-refractivity contribution in [2.45, 2.75) is 0 Å². The van der Waals surface area contributed by atoms with Crippen LogP contribution in [-0.2, 0) is 0 Å². The molecule has 0 atom stereocenters. The number of nitrogens with zero attached hydrogens (tertiary/aromatic N) is 3. The quantitative estimate of drug-likeness (QED) is 0.705. The van der Waals surface area contributed by atoms with E-state index in [0.717, 1.165) is 6.26 Å². The molecule has 0 saturated carbocycles. The summed E-state index contributed by atoms with van der Waals surface area (Å²) >= 11 is 6.01. The summed E-state index contributed by atoms with van der Waals surface area (Å²) in [6, 6.07) is 4.64. The van der Waals surface area contributed by atoms with Crippen molar-refractivity contribution in [2.75, 3.05) is 17.7 Å². The van der Waals surface area contributed by atoms with E-state index in [-0.39, 0.29) is 17.4 Å². The molecule has 1 aromatic carbocycles. The molecule has 2 aromatic heterocycles. The van der Waals surface area contributed by atoms with Gasteiger partial charge in [-0.1, -0.05) is 11.6 Å². The number of aromatic nitrogens is 3. The normalized spacial score (nSPS) is 10.2. The van der Waals surface area contributed by atoms with Crippen molar-refractivity contribution in [3.05, 3.63) is 59.5 Å². The second kappa shape index (κ2) is 7.62. The molecular formula is C16H12ClN5O4. The fraction of sp³-hybridized carbons (Fsp3) is 0.0625. The van der Waals surface area contributed by atoms with Crippen molar-refractivity contribution in [2.24, 2.45) is 0 Å². The molecule has 0 spiro atoms. The van der Waals surface area contributed by atoms with Crippen LogP contribution in [0.15, 0.2) is 47.5 Å². The molecule has 0 aliphatic rings. The molecule has 10 heteroatoms. The number of anilines is 2. The number of hydrogen-bond donors (Lipinski definition) is 2. The summed E-state index contributed by atoms with van der Waals surface area (Å²) in [4.78, 5) is 35.7. The Morgan fingerprint density at radius 2 is 1.96 bits per heavy atom. The maximum absolute atomic E-state index is 12.2. The van der Waals surface area contributed by atoms with E-state index in [9.17, 15) is 9.59 Å². The smallest absolute Gasteiger partial charge is 0.302 e. The third-order valence-corrected chi connectivity index (χ3v) is 3.46. The summed E-state index contributed by atoms with van der Waals surface area (Å²) < 4.78 is 10.1. The third-order valence-electron chi connectivity index (χ3n) is 3.16. The Hall–Kier alpha value is -3.46. The number of benzene rings is 1. The summed E-state index contributed by atoms with van der Waals surface area (Å²) in [5.41, 5.74) is 0.518. The summed E-state index contributed by atoms with van der Waals surface area (Å²) in [6.45, 7) is 0. The van der Waals surface area contributed by atoms with Crippen molar-refractivity contribution in [1.29, 1.82) is 0 Å². The summed E-state index contributed by atoms with van der Waals surface area (Å²) in [6.07, 6.45) is 5.23. The van der Waals surface area contributed by atoms with E-state index in [4.69, 9.17) is 20.8 Å². The molecule has 0 saturated heterocycles. The highest BCUT2D eigenvalue weighted by atomic mass is 35.5. The second-order valence-corrected chi connectivity index (χ2v) is 5.29. The molecule has 2 amide bonds. The van der Waals surface area contributed by atoms with Gasteiger partial charge in [0.25, 0.3) is 11.8 Å². The predicted molar refractivity (Wildman–Crippen MR) is 92.4 cm³/mol. The third kappa shape index (κ3) is 3.95. The molecule has 0 aliphatic carbocycles. The number of nitrogens with one attached hydrogen (secondary N) is 2. The zero-order chi connectivity index (χ0) is 18.5. The average Bonchev–Trinajstić information content (AvgIpc) is 3.11. The van der Waals surface area contributed by atoms with Gasteiger partial charge in [-0.25, -0.2) is 4.98 Å². The van der Waals surface area contributed by atoms with Gasteiger partial charge in [-0.15, -0.1) is 0 Å². The van der Waals surface area contributed by atoms with Gasteiger partial charge in [-0.05, 0) is 18.2 Å². The van der Waals surface area contributed by atoms with Gasteiger partial charge < -0.3 is 14.5 Å². The van der Waals surface area contributed by atoms with E-state index in [2.05, 4.69) is 25.6 Å². The lowest BCUT2D eigenvalue weighted by atomic mass is 10.3. The number of hydrogen-bond acceptors (Lipinski definition) is 7. The predicted octanol–water partition coefficient (Wildman–Crippen LogP) is 2.63. The van der Waals surface area contributed by atoms with Crippen molar-refractivity contribution in [3.63, 3.8) is 0 Å². The Labute approximate surface area is 152 Å². The van der Waals surface area contributed by atoms with Crippen LogP contribution in [0.1, 0.15) is 21.0 Å². The number of amides is 2. The maximum atomic E-state index is 12.2. The van der Waals surface area contributed by atoms with E-state index in [1.165, 1.54) is 31.8 Å². The van der Waals surface area contributed by atoms with E-state index in [1.54, 1.807) is 12.1 Å². The molecule has 3 aromatic rings. The van der Waals surface area contributed by atoms with Gasteiger partial charge in [0.2, 0.25) is 0 Å². The monoisotopic (exact) mass is 373 g/mol. The Morgan fingerprint density at radius 3 is 2.65 bits per heavy atom. The lowest BCUT2D eigenvalue weighted by molar-refractivity contribution is 0.101. The maximum Gasteiger partial charge on any atom is 0.302 e. The number of rotatable bonds is 5. The topological polar surface area (TPSA) is 119 Å². The first kappa shape index (κ1) is 17.4. The fourth-order valence-electron chi connectivity index (χ4n) is 1.95. The minimum Gasteiger partial charge on any atom is -0.495 e. The van der Waals surface area contributed by atoms with Crippen LogP contribution in [0, 0.1) is 0 Å². The number of halogens is 1. The van der Waals surface area contributed by atoms with E-state index in [0.29, 0.717) is 16.5 Å². The summed E-state index contributed by atoms with van der Waals surface area (Å²) in [7, 11) is 1.49. The van der Waals surface area contributed by atoms with Crippen molar-refractivity contribution in [1.82, 2.24) is 15.0 Å². The lowest BCUT2D eigenvalue weighted by Crippen LogP contribution is -2.15. The minimum atomic E-state index is -0.561. The van der Waals surface area contributed by atoms with Crippen molar-refractivity contribution >= 4 is 35.1 Å². The van der Waals surface area contributed by atoms with Crippen LogP contribution in [0.5, 0.6) is 5.75 Å². The van der Waals surface area contributed by atoms with Crippen LogP contribution in [-0.4, -0.2) is 33.9 Å². The highest BCUT2D eigenvalue weighted by Crippen LogP contribution is 2.27. The summed E-state index contributed by atoms with van der Waals surface area (Å²) in [5, 5.41) is 5.35. The van der Waals surface area contributed by atoms with Crippen LogP contribution < -0.4 is 15.4 Å². The fourth-order valence-corrected chi connectivity index (χ4v) is 2.21. The number of ether oxygens (including phenoxy) is 1. The molecule has 2 N–H and O–H groups in total. The van der Waals surface area contributed by atoms with Crippen LogP contribution in [0.2, 0.25) is 5.02 Å². The molecule has 2 heterocycles. The molecule has 3 rings (SSSR count). The highest BCUT2D eigenvalue weighted by Gasteiger charge is 2.16. The lowest BCUT2D eigenvalue weighted by Gasteiger charge is -2.06. The second-order valence-electron chi connectivity index (χ2n) is 4.89. The Balaban J connectivity index is 1.66. The Bertz CT molecular complexity index is 945. The van der Waals surface area contributed by atoms with Crippen LogP contribution in [0.4, 0.5) is 11.7 Å². The SMILES string of the molecule is COc1ccc(NC(=O)c2coc(NC(=O)c3cnccn3)n2)cc1Cl. The molecule has 0 fully saturated rings.